The van der Waals surface area contributed by atoms with Crippen molar-refractivity contribution in [1.82, 2.24) is 0 Å². The number of aliphatic hydroxyl groups excluding tert-OH is 1. The maximum atomic E-state index is 12.8. The van der Waals surface area contributed by atoms with Crippen LogP contribution in [0.2, 0.25) is 0 Å². The van der Waals surface area contributed by atoms with Crippen molar-refractivity contribution in [3.8, 4) is 0 Å². The molecule has 0 atom stereocenters. The Hall–Kier alpha value is -0.410. The lowest BCUT2D eigenvalue weighted by Gasteiger charge is -2.02. The molecule has 11 heavy (non-hydrogen) atoms. The van der Waals surface area contributed by atoms with E-state index >= 15 is 0 Å². The zero-order chi connectivity index (χ0) is 8.43. The van der Waals surface area contributed by atoms with E-state index in [-0.39, 0.29) is 12.4 Å². The molecule has 0 spiro atoms. The summed E-state index contributed by atoms with van der Waals surface area (Å²) in [5.41, 5.74) is 1.52. The molecule has 1 rings (SSSR count). The molecule has 0 bridgehead atoms. The van der Waals surface area contributed by atoms with Crippen molar-refractivity contribution in [2.45, 2.75) is 13.5 Å². The van der Waals surface area contributed by atoms with Crippen molar-refractivity contribution in [3.05, 3.63) is 33.5 Å². The van der Waals surface area contributed by atoms with Crippen molar-refractivity contribution in [1.29, 1.82) is 0 Å². The van der Waals surface area contributed by atoms with Crippen LogP contribution in [0.3, 0.4) is 0 Å². The van der Waals surface area contributed by atoms with E-state index in [0.717, 1.165) is 11.1 Å². The van der Waals surface area contributed by atoms with Crippen molar-refractivity contribution in [2.24, 2.45) is 0 Å². The molecule has 0 unspecified atom stereocenters. The maximum absolute atomic E-state index is 12.8. The molecule has 60 valence electrons. The Bertz CT molecular complexity index is 273. The van der Waals surface area contributed by atoms with Crippen LogP contribution in [0.25, 0.3) is 0 Å². The smallest absolute Gasteiger partial charge is 0.137 e. The van der Waals surface area contributed by atoms with Crippen LogP contribution < -0.4 is 0 Å². The molecule has 0 amide bonds. The monoisotopic (exact) mass is 218 g/mol. The normalized spacial score (nSPS) is 10.2. The quantitative estimate of drug-likeness (QED) is 0.768. The third-order valence-corrected chi connectivity index (χ3v) is 2.16. The van der Waals surface area contributed by atoms with Crippen molar-refractivity contribution in [2.75, 3.05) is 0 Å². The molecule has 1 N–H and O–H groups in total. The van der Waals surface area contributed by atoms with Gasteiger partial charge in [0.2, 0.25) is 0 Å². The molecule has 0 saturated heterocycles. The van der Waals surface area contributed by atoms with Crippen LogP contribution in [-0.4, -0.2) is 5.11 Å². The zero-order valence-corrected chi connectivity index (χ0v) is 7.65. The van der Waals surface area contributed by atoms with Gasteiger partial charge in [-0.25, -0.2) is 4.39 Å². The second kappa shape index (κ2) is 3.32. The van der Waals surface area contributed by atoms with Gasteiger partial charge in [-0.15, -0.1) is 0 Å². The first-order valence-corrected chi connectivity index (χ1v) is 4.00. The Morgan fingerprint density at radius 1 is 1.55 bits per heavy atom. The molecule has 0 aliphatic carbocycles. The van der Waals surface area contributed by atoms with E-state index < -0.39 is 0 Å². The highest BCUT2D eigenvalue weighted by atomic mass is 79.9. The van der Waals surface area contributed by atoms with Gasteiger partial charge in [-0.05, 0) is 46.1 Å². The summed E-state index contributed by atoms with van der Waals surface area (Å²) in [6.07, 6.45) is 0. The van der Waals surface area contributed by atoms with E-state index in [1.807, 2.05) is 0 Å². The number of aryl methyl sites for hydroxylation is 1. The summed E-state index contributed by atoms with van der Waals surface area (Å²) in [5, 5.41) is 8.79. The molecule has 1 aromatic carbocycles. The molecular weight excluding hydrogens is 211 g/mol. The summed E-state index contributed by atoms with van der Waals surface area (Å²) < 4.78 is 13.2. The highest BCUT2D eigenvalue weighted by Gasteiger charge is 2.03. The van der Waals surface area contributed by atoms with E-state index in [0.29, 0.717) is 4.47 Å². The minimum Gasteiger partial charge on any atom is -0.392 e. The molecule has 1 aromatic rings. The fourth-order valence-electron chi connectivity index (χ4n) is 0.858. The van der Waals surface area contributed by atoms with Crippen LogP contribution in [0.5, 0.6) is 0 Å². The summed E-state index contributed by atoms with van der Waals surface area (Å²) in [6.45, 7) is 1.71. The topological polar surface area (TPSA) is 20.2 Å². The van der Waals surface area contributed by atoms with Gasteiger partial charge in [0.05, 0.1) is 11.1 Å². The summed E-state index contributed by atoms with van der Waals surface area (Å²) in [6, 6.07) is 2.99. The predicted molar refractivity (Wildman–Crippen MR) is 44.8 cm³/mol. The number of rotatable bonds is 1. The van der Waals surface area contributed by atoms with Crippen LogP contribution in [0, 0.1) is 12.7 Å². The molecule has 1 nitrogen and oxygen atoms in total. The first-order chi connectivity index (χ1) is 5.15. The van der Waals surface area contributed by atoms with E-state index in [1.165, 1.54) is 6.07 Å². The van der Waals surface area contributed by atoms with Crippen LogP contribution in [0.4, 0.5) is 4.39 Å². The van der Waals surface area contributed by atoms with Gasteiger partial charge in [0.1, 0.15) is 5.82 Å². The Labute approximate surface area is 73.0 Å². The molecule has 0 aromatic heterocycles. The van der Waals surface area contributed by atoms with Crippen LogP contribution >= 0.6 is 15.9 Å². The molecular formula is C8H8BrFO. The van der Waals surface area contributed by atoms with Gasteiger partial charge < -0.3 is 5.11 Å². The maximum Gasteiger partial charge on any atom is 0.137 e. The molecule has 0 radical (unpaired) electrons. The van der Waals surface area contributed by atoms with Crippen LogP contribution in [0.1, 0.15) is 11.1 Å². The number of aliphatic hydroxyl groups is 1. The Morgan fingerprint density at radius 3 is 2.73 bits per heavy atom. The SMILES string of the molecule is Cc1cc(F)c(Br)cc1CO. The van der Waals surface area contributed by atoms with Gasteiger partial charge in [-0.2, -0.15) is 0 Å². The van der Waals surface area contributed by atoms with E-state index in [1.54, 1.807) is 13.0 Å². The largest absolute Gasteiger partial charge is 0.392 e. The summed E-state index contributed by atoms with van der Waals surface area (Å²) in [7, 11) is 0. The van der Waals surface area contributed by atoms with Crippen molar-refractivity contribution < 1.29 is 9.50 Å². The van der Waals surface area contributed by atoms with Crippen LogP contribution in [0.15, 0.2) is 16.6 Å². The van der Waals surface area contributed by atoms with Gasteiger partial charge in [0, 0.05) is 0 Å². The van der Waals surface area contributed by atoms with Crippen LogP contribution in [-0.2, 0) is 6.61 Å². The zero-order valence-electron chi connectivity index (χ0n) is 6.06. The summed E-state index contributed by atoms with van der Waals surface area (Å²) in [5.74, 6) is -0.292. The van der Waals surface area contributed by atoms with Gasteiger partial charge in [-0.3, -0.25) is 0 Å². The highest BCUT2D eigenvalue weighted by Crippen LogP contribution is 2.20. The fraction of sp³-hybridized carbons (Fsp3) is 0.250. The molecule has 3 heteroatoms. The molecule has 0 fully saturated rings. The second-order valence-corrected chi connectivity index (χ2v) is 3.21. The Balaban J connectivity index is 3.21. The lowest BCUT2D eigenvalue weighted by atomic mass is 10.1. The van der Waals surface area contributed by atoms with Crippen molar-refractivity contribution in [3.63, 3.8) is 0 Å². The average Bonchev–Trinajstić information content (AvgIpc) is 1.97. The van der Waals surface area contributed by atoms with Gasteiger partial charge in [0.25, 0.3) is 0 Å². The first-order valence-electron chi connectivity index (χ1n) is 3.20. The third kappa shape index (κ3) is 1.79. The predicted octanol–water partition coefficient (Wildman–Crippen LogP) is 2.39. The van der Waals surface area contributed by atoms with E-state index in [4.69, 9.17) is 5.11 Å². The summed E-state index contributed by atoms with van der Waals surface area (Å²) in [4.78, 5) is 0. The lowest BCUT2D eigenvalue weighted by molar-refractivity contribution is 0.281. The molecule has 0 aliphatic heterocycles. The number of benzene rings is 1. The average molecular weight is 219 g/mol. The second-order valence-electron chi connectivity index (χ2n) is 2.35. The third-order valence-electron chi connectivity index (χ3n) is 1.55. The van der Waals surface area contributed by atoms with Gasteiger partial charge >= 0.3 is 0 Å². The van der Waals surface area contributed by atoms with E-state index in [2.05, 4.69) is 15.9 Å². The van der Waals surface area contributed by atoms with Gasteiger partial charge in [0.15, 0.2) is 0 Å². The molecule has 0 saturated carbocycles. The Kier molecular flexibility index (Phi) is 2.62. The standard InChI is InChI=1S/C8H8BrFO/c1-5-2-8(10)7(9)3-6(5)4-11/h2-3,11H,4H2,1H3. The Morgan fingerprint density at radius 2 is 2.18 bits per heavy atom. The minimum absolute atomic E-state index is 0.0509. The first kappa shape index (κ1) is 8.68. The molecule has 0 aliphatic rings. The number of hydrogen-bond acceptors (Lipinski definition) is 1. The number of hydrogen-bond donors (Lipinski definition) is 1. The van der Waals surface area contributed by atoms with E-state index in [9.17, 15) is 4.39 Å². The van der Waals surface area contributed by atoms with Crippen molar-refractivity contribution >= 4 is 15.9 Å². The molecule has 0 heterocycles. The number of halogens is 2. The summed E-state index contributed by atoms with van der Waals surface area (Å²) >= 11 is 3.03. The fourth-order valence-corrected chi connectivity index (χ4v) is 1.25. The lowest BCUT2D eigenvalue weighted by Crippen LogP contribution is -1.90. The van der Waals surface area contributed by atoms with Gasteiger partial charge in [-0.1, -0.05) is 0 Å². The highest BCUT2D eigenvalue weighted by molar-refractivity contribution is 9.10. The minimum atomic E-state index is -0.292.